The summed E-state index contributed by atoms with van der Waals surface area (Å²) in [5.74, 6) is 6.82. The van der Waals surface area contributed by atoms with Crippen LogP contribution in [0.2, 0.25) is 0 Å². The minimum Gasteiger partial charge on any atom is -0.614 e. The van der Waals surface area contributed by atoms with Crippen LogP contribution in [0, 0.1) is 6.42 Å². The zero-order valence-electron chi connectivity index (χ0n) is 7.87. The second kappa shape index (κ2) is 22.6. The molecule has 0 amide bonds. The van der Waals surface area contributed by atoms with Crippen molar-refractivity contribution in [3.63, 3.8) is 0 Å². The molecule has 1 atom stereocenters. The first-order valence-corrected chi connectivity index (χ1v) is 3.19. The maximum absolute atomic E-state index is 6.82. The van der Waals surface area contributed by atoms with Crippen molar-refractivity contribution in [3.05, 3.63) is 12.3 Å². The Morgan fingerprint density at radius 1 is 1.00 bits per heavy atom. The van der Waals surface area contributed by atoms with E-state index in [9.17, 15) is 0 Å². The Labute approximate surface area is 207 Å². The van der Waals surface area contributed by atoms with Crippen LogP contribution in [0.1, 0.15) is 25.7 Å². The number of nitrogens with one attached hydrogen (secondary N) is 2. The summed E-state index contributed by atoms with van der Waals surface area (Å²) in [6.45, 7) is 0. The minimum atomic E-state index is 0. The van der Waals surface area contributed by atoms with Crippen molar-refractivity contribution >= 4 is 0 Å². The Kier molecular flexibility index (Phi) is 54.0. The van der Waals surface area contributed by atoms with Gasteiger partial charge in [0, 0.05) is 164 Å². The van der Waals surface area contributed by atoms with E-state index in [0.717, 1.165) is 6.42 Å². The van der Waals surface area contributed by atoms with Crippen molar-refractivity contribution in [2.24, 2.45) is 0 Å². The maximum Gasteiger partial charge on any atom is 0 e. The fourth-order valence-electron chi connectivity index (χ4n) is 1.08. The average molecular weight is 557 g/mol. The van der Waals surface area contributed by atoms with Gasteiger partial charge in [0.2, 0.25) is 0 Å². The molecule has 1 aliphatic rings. The van der Waals surface area contributed by atoms with Crippen molar-refractivity contribution in [2.45, 2.75) is 31.7 Å². The van der Waals surface area contributed by atoms with Crippen LogP contribution in [0.4, 0.5) is 0 Å². The van der Waals surface area contributed by atoms with E-state index in [0.29, 0.717) is 6.04 Å². The Bertz CT molecular complexity index is 70.0. The number of hydrogen-bond acceptors (Lipinski definition) is 1. The molecule has 63 valence electrons. The van der Waals surface area contributed by atoms with E-state index in [1.165, 1.54) is 19.3 Å². The molecule has 0 aromatic heterocycles. The van der Waals surface area contributed by atoms with Gasteiger partial charge in [0.05, 0.1) is 0 Å². The topological polar surface area (TPSA) is 35.8 Å². The molecule has 1 rings (SSSR count). The second-order valence-corrected chi connectivity index (χ2v) is 2.27. The zero-order valence-corrected chi connectivity index (χ0v) is 22.1. The molecular weight excluding hydrogens is 545 g/mol. The van der Waals surface area contributed by atoms with Gasteiger partial charge in [-0.05, 0) is 0 Å². The first-order valence-electron chi connectivity index (χ1n) is 3.19. The SMILES string of the molecule is [NH-]NC1[CH-]CCCC1.[Y].[Y].[Y].[Y].[Y]. The van der Waals surface area contributed by atoms with E-state index in [-0.39, 0.29) is 164 Å². The molecule has 0 aromatic carbocycles. The Morgan fingerprint density at radius 2 is 1.54 bits per heavy atom. The summed E-state index contributed by atoms with van der Waals surface area (Å²) in [5.41, 5.74) is 2.50. The molecule has 1 fully saturated rings. The molecule has 5 radical (unpaired) electrons. The monoisotopic (exact) mass is 557 g/mol. The number of hydrogen-bond donors (Lipinski definition) is 1. The van der Waals surface area contributed by atoms with Gasteiger partial charge < -0.3 is 17.7 Å². The third-order valence-electron chi connectivity index (χ3n) is 1.61. The van der Waals surface area contributed by atoms with Gasteiger partial charge in [0.15, 0.2) is 0 Å². The van der Waals surface area contributed by atoms with Crippen LogP contribution in [0.15, 0.2) is 0 Å². The predicted molar refractivity (Wildman–Crippen MR) is 34.0 cm³/mol. The summed E-state index contributed by atoms with van der Waals surface area (Å²) in [7, 11) is 0. The maximum atomic E-state index is 6.82. The van der Waals surface area contributed by atoms with Crippen LogP contribution in [-0.4, -0.2) is 6.04 Å². The Morgan fingerprint density at radius 3 is 1.77 bits per heavy atom. The molecule has 2 nitrogen and oxygen atoms in total. The molecule has 0 saturated heterocycles. The Balaban J connectivity index is -0.0000000427. The van der Waals surface area contributed by atoms with Crippen LogP contribution in [-0.2, 0) is 164 Å². The van der Waals surface area contributed by atoms with Gasteiger partial charge in [0.1, 0.15) is 0 Å². The quantitative estimate of drug-likeness (QED) is 0.387. The van der Waals surface area contributed by atoms with Crippen LogP contribution in [0.5, 0.6) is 0 Å². The van der Waals surface area contributed by atoms with Crippen molar-refractivity contribution in [1.82, 2.24) is 5.43 Å². The molecular formula is C6H12N2Y5-2. The van der Waals surface area contributed by atoms with Crippen LogP contribution in [0.3, 0.4) is 0 Å². The minimum absolute atomic E-state index is 0. The molecule has 13 heavy (non-hydrogen) atoms. The largest absolute Gasteiger partial charge is 0.614 e. The van der Waals surface area contributed by atoms with Gasteiger partial charge in [-0.15, -0.1) is 6.04 Å². The second-order valence-electron chi connectivity index (χ2n) is 2.27. The zero-order chi connectivity index (χ0) is 5.82. The molecule has 0 aromatic rings. The third kappa shape index (κ3) is 17.4. The summed E-state index contributed by atoms with van der Waals surface area (Å²) in [6.07, 6.45) is 7.14. The normalized spacial score (nSPS) is 18.7. The molecule has 7 heteroatoms. The predicted octanol–water partition coefficient (Wildman–Crippen LogP) is 1.68. The number of rotatable bonds is 1. The van der Waals surface area contributed by atoms with E-state index in [1.54, 1.807) is 0 Å². The third-order valence-corrected chi connectivity index (χ3v) is 1.61. The fraction of sp³-hybridized carbons (Fsp3) is 0.833. The Hall–Kier alpha value is 5.44. The van der Waals surface area contributed by atoms with Crippen molar-refractivity contribution in [2.75, 3.05) is 0 Å². The molecule has 0 spiro atoms. The summed E-state index contributed by atoms with van der Waals surface area (Å²) in [4.78, 5) is 0. The van der Waals surface area contributed by atoms with Gasteiger partial charge in [-0.3, -0.25) is 0 Å². The van der Waals surface area contributed by atoms with E-state index >= 15 is 0 Å². The van der Waals surface area contributed by atoms with Gasteiger partial charge in [-0.1, -0.05) is 19.3 Å². The van der Waals surface area contributed by atoms with Crippen molar-refractivity contribution in [3.8, 4) is 0 Å². The molecule has 0 heterocycles. The average Bonchev–Trinajstić information content (AvgIpc) is 1.90. The first-order chi connectivity index (χ1) is 3.93. The van der Waals surface area contributed by atoms with Crippen molar-refractivity contribution in [1.29, 1.82) is 0 Å². The van der Waals surface area contributed by atoms with E-state index in [2.05, 4.69) is 11.8 Å². The van der Waals surface area contributed by atoms with Gasteiger partial charge in [-0.2, -0.15) is 6.42 Å². The van der Waals surface area contributed by atoms with E-state index < -0.39 is 0 Å². The first kappa shape index (κ1) is 31.0. The van der Waals surface area contributed by atoms with Gasteiger partial charge in [-0.25, -0.2) is 0 Å². The molecule has 1 saturated carbocycles. The molecule has 0 bridgehead atoms. The summed E-state index contributed by atoms with van der Waals surface area (Å²) in [5, 5.41) is 0. The fourth-order valence-corrected chi connectivity index (χ4v) is 1.08. The van der Waals surface area contributed by atoms with Gasteiger partial charge in [0.25, 0.3) is 0 Å². The smallest absolute Gasteiger partial charge is 0 e. The van der Waals surface area contributed by atoms with Crippen molar-refractivity contribution < 1.29 is 164 Å². The van der Waals surface area contributed by atoms with Crippen LogP contribution in [0.25, 0.3) is 5.84 Å². The summed E-state index contributed by atoms with van der Waals surface area (Å²) >= 11 is 0. The summed E-state index contributed by atoms with van der Waals surface area (Å²) < 4.78 is 0. The van der Waals surface area contributed by atoms with Gasteiger partial charge >= 0.3 is 0 Å². The van der Waals surface area contributed by atoms with Crippen LogP contribution < -0.4 is 5.43 Å². The standard InChI is InChI=1S/C6H12N2.5Y/c7-8-6-4-2-1-3-5-6;;;;;/h4,6-8H,1-3,5H2;;;;;/q-2;;;;;. The van der Waals surface area contributed by atoms with E-state index in [1.807, 2.05) is 0 Å². The molecule has 0 aliphatic heterocycles. The molecule has 1 unspecified atom stereocenters. The summed E-state index contributed by atoms with van der Waals surface area (Å²) in [6, 6.07) is 0.378. The molecule has 2 N–H and O–H groups in total. The van der Waals surface area contributed by atoms with E-state index in [4.69, 9.17) is 5.84 Å². The van der Waals surface area contributed by atoms with Crippen LogP contribution >= 0.6 is 0 Å². The molecule has 1 aliphatic carbocycles.